The summed E-state index contributed by atoms with van der Waals surface area (Å²) in [5.74, 6) is 1.18. The van der Waals surface area contributed by atoms with E-state index in [1.54, 1.807) is 75.0 Å². The summed E-state index contributed by atoms with van der Waals surface area (Å²) in [6, 6.07) is 13.5. The first-order chi connectivity index (χ1) is 15.1. The van der Waals surface area contributed by atoms with Crippen molar-refractivity contribution in [2.24, 2.45) is 0 Å². The van der Waals surface area contributed by atoms with Crippen LogP contribution < -0.4 is 24.8 Å². The molecule has 8 nitrogen and oxygen atoms in total. The maximum absolute atomic E-state index is 12.6. The van der Waals surface area contributed by atoms with Crippen molar-refractivity contribution in [1.82, 2.24) is 4.98 Å². The fourth-order valence-corrected chi connectivity index (χ4v) is 3.04. The molecule has 0 atom stereocenters. The minimum atomic E-state index is -0.363. The van der Waals surface area contributed by atoms with Gasteiger partial charge in [0.05, 0.1) is 19.8 Å². The predicted molar refractivity (Wildman–Crippen MR) is 116 cm³/mol. The van der Waals surface area contributed by atoms with Gasteiger partial charge in [-0.05, 0) is 48.5 Å². The Labute approximate surface area is 178 Å². The number of amides is 2. The summed E-state index contributed by atoms with van der Waals surface area (Å²) in [5.41, 5.74) is 1.94. The van der Waals surface area contributed by atoms with E-state index in [0.29, 0.717) is 34.5 Å². The fraction of sp³-hybridized carbons (Fsp3) is 0.0870. The number of ether oxygens (including phenoxy) is 3. The summed E-state index contributed by atoms with van der Waals surface area (Å²) in [6.07, 6.45) is 4.59. The molecule has 3 aromatic rings. The SMILES string of the molecule is COc1ccc(C=CC(=O)Nc2ccc3c(c2)C(=O)Nc2cccnc2O3)c(OC)c1. The van der Waals surface area contributed by atoms with Crippen molar-refractivity contribution in [2.45, 2.75) is 0 Å². The number of nitrogens with zero attached hydrogens (tertiary/aromatic N) is 1. The van der Waals surface area contributed by atoms with Gasteiger partial charge in [0.2, 0.25) is 11.8 Å². The van der Waals surface area contributed by atoms with E-state index in [1.807, 2.05) is 0 Å². The maximum atomic E-state index is 12.6. The second-order valence-corrected chi connectivity index (χ2v) is 6.55. The molecule has 0 bridgehead atoms. The molecule has 0 fully saturated rings. The van der Waals surface area contributed by atoms with Gasteiger partial charge in [0.1, 0.15) is 22.9 Å². The molecular weight excluding hydrogens is 398 g/mol. The molecule has 2 N–H and O–H groups in total. The van der Waals surface area contributed by atoms with Gasteiger partial charge in [-0.3, -0.25) is 9.59 Å². The first-order valence-electron chi connectivity index (χ1n) is 9.37. The first-order valence-corrected chi connectivity index (χ1v) is 9.37. The van der Waals surface area contributed by atoms with Gasteiger partial charge >= 0.3 is 0 Å². The summed E-state index contributed by atoms with van der Waals surface area (Å²) in [5, 5.41) is 5.49. The van der Waals surface area contributed by atoms with E-state index in [0.717, 1.165) is 5.56 Å². The highest BCUT2D eigenvalue weighted by Crippen LogP contribution is 2.35. The van der Waals surface area contributed by atoms with E-state index in [9.17, 15) is 9.59 Å². The van der Waals surface area contributed by atoms with E-state index in [4.69, 9.17) is 14.2 Å². The van der Waals surface area contributed by atoms with E-state index in [2.05, 4.69) is 15.6 Å². The Morgan fingerprint density at radius 1 is 1.13 bits per heavy atom. The van der Waals surface area contributed by atoms with Crippen LogP contribution in [0.4, 0.5) is 11.4 Å². The van der Waals surface area contributed by atoms with Crippen LogP contribution in [-0.2, 0) is 4.79 Å². The van der Waals surface area contributed by atoms with Crippen molar-refractivity contribution in [3.05, 3.63) is 71.9 Å². The van der Waals surface area contributed by atoms with Crippen LogP contribution in [0, 0.1) is 0 Å². The molecule has 1 aromatic heterocycles. The largest absolute Gasteiger partial charge is 0.497 e. The molecular formula is C23H19N3O5. The lowest BCUT2D eigenvalue weighted by Gasteiger charge is -2.09. The second kappa shape index (κ2) is 8.58. The predicted octanol–water partition coefficient (Wildman–Crippen LogP) is 4.11. The topological polar surface area (TPSA) is 98.8 Å². The van der Waals surface area contributed by atoms with Gasteiger partial charge < -0.3 is 24.8 Å². The van der Waals surface area contributed by atoms with E-state index in [-0.39, 0.29) is 17.4 Å². The molecule has 2 amide bonds. The second-order valence-electron chi connectivity index (χ2n) is 6.55. The standard InChI is InChI=1S/C23H19N3O5/c1-29-16-8-5-14(20(13-16)30-2)6-10-21(27)25-15-7-9-19-17(12-15)22(28)26-18-4-3-11-24-23(18)31-19/h3-13H,1-2H3,(H,25,27)(H,26,28). The lowest BCUT2D eigenvalue weighted by Crippen LogP contribution is -2.12. The van der Waals surface area contributed by atoms with Crippen molar-refractivity contribution >= 4 is 29.3 Å². The van der Waals surface area contributed by atoms with Crippen molar-refractivity contribution in [2.75, 3.05) is 24.9 Å². The summed E-state index contributed by atoms with van der Waals surface area (Å²) >= 11 is 0. The lowest BCUT2D eigenvalue weighted by molar-refractivity contribution is -0.111. The highest BCUT2D eigenvalue weighted by molar-refractivity contribution is 6.09. The quantitative estimate of drug-likeness (QED) is 0.606. The number of aromatic nitrogens is 1. The van der Waals surface area contributed by atoms with Crippen LogP contribution >= 0.6 is 0 Å². The highest BCUT2D eigenvalue weighted by Gasteiger charge is 2.22. The molecule has 0 aliphatic carbocycles. The first kappa shape index (κ1) is 20.0. The maximum Gasteiger partial charge on any atom is 0.259 e. The molecule has 156 valence electrons. The Bertz CT molecular complexity index is 1190. The number of nitrogens with one attached hydrogen (secondary N) is 2. The van der Waals surface area contributed by atoms with E-state index >= 15 is 0 Å². The zero-order chi connectivity index (χ0) is 21.8. The number of anilines is 2. The number of carbonyl (C=O) groups is 2. The van der Waals surface area contributed by atoms with Crippen LogP contribution in [0.15, 0.2) is 60.8 Å². The molecule has 8 heteroatoms. The Morgan fingerprint density at radius 3 is 2.81 bits per heavy atom. The third-order valence-corrected chi connectivity index (χ3v) is 4.57. The van der Waals surface area contributed by atoms with Gasteiger partial charge in [-0.1, -0.05) is 0 Å². The number of hydrogen-bond donors (Lipinski definition) is 2. The molecule has 1 aliphatic rings. The van der Waals surface area contributed by atoms with Crippen LogP contribution in [0.5, 0.6) is 23.1 Å². The van der Waals surface area contributed by atoms with Crippen molar-refractivity contribution in [3.63, 3.8) is 0 Å². The number of carbonyl (C=O) groups excluding carboxylic acids is 2. The van der Waals surface area contributed by atoms with Gasteiger partial charge in [-0.25, -0.2) is 4.98 Å². The lowest BCUT2D eigenvalue weighted by atomic mass is 10.1. The van der Waals surface area contributed by atoms with E-state index < -0.39 is 0 Å². The van der Waals surface area contributed by atoms with Crippen LogP contribution in [0.1, 0.15) is 15.9 Å². The molecule has 0 saturated carbocycles. The number of hydrogen-bond acceptors (Lipinski definition) is 6. The van der Waals surface area contributed by atoms with Crippen molar-refractivity contribution in [3.8, 4) is 23.1 Å². The Kier molecular flexibility index (Phi) is 5.53. The average molecular weight is 417 g/mol. The van der Waals surface area contributed by atoms with Gasteiger partial charge in [0.25, 0.3) is 5.91 Å². The number of fused-ring (bicyclic) bond motifs is 2. The Hall–Kier alpha value is -4.33. The molecule has 0 unspecified atom stereocenters. The Morgan fingerprint density at radius 2 is 2.00 bits per heavy atom. The van der Waals surface area contributed by atoms with Crippen LogP contribution in [0.3, 0.4) is 0 Å². The highest BCUT2D eigenvalue weighted by atomic mass is 16.5. The van der Waals surface area contributed by atoms with Gasteiger partial charge in [-0.2, -0.15) is 0 Å². The summed E-state index contributed by atoms with van der Waals surface area (Å²) in [6.45, 7) is 0. The van der Waals surface area contributed by atoms with Crippen LogP contribution in [-0.4, -0.2) is 31.0 Å². The fourth-order valence-electron chi connectivity index (χ4n) is 3.04. The number of methoxy groups -OCH3 is 2. The third kappa shape index (κ3) is 4.32. The molecule has 1 aliphatic heterocycles. The van der Waals surface area contributed by atoms with Crippen molar-refractivity contribution < 1.29 is 23.8 Å². The van der Waals surface area contributed by atoms with Crippen LogP contribution in [0.25, 0.3) is 6.08 Å². The summed E-state index contributed by atoms with van der Waals surface area (Å²) in [4.78, 5) is 29.1. The summed E-state index contributed by atoms with van der Waals surface area (Å²) < 4.78 is 16.2. The number of pyridine rings is 1. The zero-order valence-electron chi connectivity index (χ0n) is 16.8. The molecule has 2 heterocycles. The molecule has 31 heavy (non-hydrogen) atoms. The molecule has 0 saturated heterocycles. The summed E-state index contributed by atoms with van der Waals surface area (Å²) in [7, 11) is 3.11. The van der Waals surface area contributed by atoms with Crippen molar-refractivity contribution in [1.29, 1.82) is 0 Å². The van der Waals surface area contributed by atoms with Gasteiger partial charge in [0.15, 0.2) is 0 Å². The normalized spacial score (nSPS) is 12.1. The third-order valence-electron chi connectivity index (χ3n) is 4.57. The Balaban J connectivity index is 1.51. The minimum Gasteiger partial charge on any atom is -0.497 e. The van der Waals surface area contributed by atoms with Gasteiger partial charge in [0, 0.05) is 29.6 Å². The monoisotopic (exact) mass is 417 g/mol. The van der Waals surface area contributed by atoms with Gasteiger partial charge in [-0.15, -0.1) is 0 Å². The number of benzene rings is 2. The average Bonchev–Trinajstić information content (AvgIpc) is 2.93. The molecule has 2 aromatic carbocycles. The smallest absolute Gasteiger partial charge is 0.259 e. The molecule has 0 spiro atoms. The minimum absolute atomic E-state index is 0.289. The number of rotatable bonds is 5. The molecule has 0 radical (unpaired) electrons. The molecule has 4 rings (SSSR count). The van der Waals surface area contributed by atoms with Crippen LogP contribution in [0.2, 0.25) is 0 Å². The van der Waals surface area contributed by atoms with E-state index in [1.165, 1.54) is 6.08 Å². The zero-order valence-corrected chi connectivity index (χ0v) is 16.8.